The van der Waals surface area contributed by atoms with E-state index in [1.165, 1.54) is 0 Å². The van der Waals surface area contributed by atoms with Crippen molar-refractivity contribution in [2.24, 2.45) is 0 Å². The molecule has 2 heterocycles. The van der Waals surface area contributed by atoms with Gasteiger partial charge in [-0.2, -0.15) is 4.73 Å². The van der Waals surface area contributed by atoms with Gasteiger partial charge in [0.25, 0.3) is 0 Å². The van der Waals surface area contributed by atoms with E-state index < -0.39 is 0 Å². The SMILES string of the molecule is COc1cccc(-c2nc(-c3ccc(SC)cc3)n(O)c2-c2ccncc2)c1. The van der Waals surface area contributed by atoms with Crippen molar-refractivity contribution < 1.29 is 9.94 Å². The molecule has 1 N–H and O–H groups in total. The fraction of sp³-hybridized carbons (Fsp3) is 0.0909. The Morgan fingerprint density at radius 3 is 2.36 bits per heavy atom. The second-order valence-corrected chi connectivity index (χ2v) is 7.02. The average Bonchev–Trinajstić information content (AvgIpc) is 3.11. The number of benzene rings is 2. The van der Waals surface area contributed by atoms with Crippen LogP contribution >= 0.6 is 11.8 Å². The third-order valence-corrected chi connectivity index (χ3v) is 5.24. The van der Waals surface area contributed by atoms with E-state index in [0.717, 1.165) is 32.1 Å². The normalized spacial score (nSPS) is 10.8. The van der Waals surface area contributed by atoms with Crippen molar-refractivity contribution in [3.05, 3.63) is 73.1 Å². The van der Waals surface area contributed by atoms with Gasteiger partial charge in [0.1, 0.15) is 17.1 Å². The second kappa shape index (κ2) is 7.78. The lowest BCUT2D eigenvalue weighted by Gasteiger charge is -2.07. The zero-order valence-electron chi connectivity index (χ0n) is 15.5. The van der Waals surface area contributed by atoms with Crippen LogP contribution in [0.15, 0.2) is 78.0 Å². The van der Waals surface area contributed by atoms with Crippen molar-refractivity contribution >= 4 is 11.8 Å². The van der Waals surface area contributed by atoms with Crippen molar-refractivity contribution in [1.29, 1.82) is 0 Å². The molecule has 0 atom stereocenters. The first kappa shape index (κ1) is 18.1. The summed E-state index contributed by atoms with van der Waals surface area (Å²) in [6.45, 7) is 0. The molecule has 0 spiro atoms. The first-order valence-corrected chi connectivity index (χ1v) is 9.95. The summed E-state index contributed by atoms with van der Waals surface area (Å²) in [5.41, 5.74) is 3.82. The summed E-state index contributed by atoms with van der Waals surface area (Å²) in [7, 11) is 1.63. The first-order valence-electron chi connectivity index (χ1n) is 8.72. The molecule has 2 aromatic heterocycles. The molecule has 0 radical (unpaired) electrons. The van der Waals surface area contributed by atoms with Crippen LogP contribution in [0.5, 0.6) is 5.75 Å². The number of nitrogens with zero attached hydrogens (tertiary/aromatic N) is 3. The van der Waals surface area contributed by atoms with Gasteiger partial charge in [-0.25, -0.2) is 4.98 Å². The number of thioether (sulfide) groups is 1. The first-order chi connectivity index (χ1) is 13.7. The Morgan fingerprint density at radius 1 is 0.929 bits per heavy atom. The molecule has 140 valence electrons. The van der Waals surface area contributed by atoms with Crippen molar-refractivity contribution in [2.45, 2.75) is 4.90 Å². The number of aromatic nitrogens is 3. The number of hydrogen-bond acceptors (Lipinski definition) is 5. The van der Waals surface area contributed by atoms with Gasteiger partial charge in [-0.1, -0.05) is 24.3 Å². The summed E-state index contributed by atoms with van der Waals surface area (Å²) in [6.07, 6.45) is 5.43. The predicted molar refractivity (Wildman–Crippen MR) is 112 cm³/mol. The van der Waals surface area contributed by atoms with Gasteiger partial charge < -0.3 is 9.94 Å². The van der Waals surface area contributed by atoms with Gasteiger partial charge in [-0.3, -0.25) is 4.98 Å². The highest BCUT2D eigenvalue weighted by Gasteiger charge is 2.21. The zero-order chi connectivity index (χ0) is 19.5. The van der Waals surface area contributed by atoms with Gasteiger partial charge in [0.2, 0.25) is 0 Å². The van der Waals surface area contributed by atoms with Crippen LogP contribution in [-0.4, -0.2) is 33.3 Å². The van der Waals surface area contributed by atoms with Crippen LogP contribution in [0, 0.1) is 0 Å². The molecule has 0 bridgehead atoms. The lowest BCUT2D eigenvalue weighted by atomic mass is 10.1. The summed E-state index contributed by atoms with van der Waals surface area (Å²) >= 11 is 1.67. The minimum absolute atomic E-state index is 0.484. The minimum atomic E-state index is 0.484. The summed E-state index contributed by atoms with van der Waals surface area (Å²) in [5, 5.41) is 11.0. The van der Waals surface area contributed by atoms with E-state index in [2.05, 4.69) is 4.98 Å². The molecule has 2 aromatic carbocycles. The molecule has 4 aromatic rings. The molecule has 0 saturated carbocycles. The van der Waals surface area contributed by atoms with Gasteiger partial charge in [-0.05, 0) is 42.7 Å². The minimum Gasteiger partial charge on any atom is -0.497 e. The van der Waals surface area contributed by atoms with Gasteiger partial charge in [-0.15, -0.1) is 11.8 Å². The van der Waals surface area contributed by atoms with Crippen LogP contribution < -0.4 is 4.74 Å². The molecule has 4 rings (SSSR count). The number of imidazole rings is 1. The van der Waals surface area contributed by atoms with E-state index in [1.54, 1.807) is 31.3 Å². The Bertz CT molecular complexity index is 1090. The third kappa shape index (κ3) is 3.34. The maximum absolute atomic E-state index is 11.0. The van der Waals surface area contributed by atoms with Crippen LogP contribution in [0.1, 0.15) is 0 Å². The molecule has 0 aliphatic rings. The lowest BCUT2D eigenvalue weighted by molar-refractivity contribution is 0.195. The van der Waals surface area contributed by atoms with E-state index in [4.69, 9.17) is 9.72 Å². The summed E-state index contributed by atoms with van der Waals surface area (Å²) in [4.78, 5) is 10.0. The number of methoxy groups -OCH3 is 1. The quantitative estimate of drug-likeness (QED) is 0.373. The molecular weight excluding hydrogens is 370 g/mol. The molecule has 6 heteroatoms. The Labute approximate surface area is 167 Å². The largest absolute Gasteiger partial charge is 0.497 e. The van der Waals surface area contributed by atoms with E-state index in [1.807, 2.05) is 66.9 Å². The highest BCUT2D eigenvalue weighted by Crippen LogP contribution is 2.36. The predicted octanol–water partition coefficient (Wildman–Crippen LogP) is 5.25. The third-order valence-electron chi connectivity index (χ3n) is 4.50. The Hall–Kier alpha value is -3.25. The Morgan fingerprint density at radius 2 is 1.68 bits per heavy atom. The van der Waals surface area contributed by atoms with Gasteiger partial charge in [0, 0.05) is 34.0 Å². The Balaban J connectivity index is 1.93. The highest BCUT2D eigenvalue weighted by atomic mass is 32.2. The van der Waals surface area contributed by atoms with E-state index in [9.17, 15) is 5.21 Å². The number of rotatable bonds is 5. The second-order valence-electron chi connectivity index (χ2n) is 6.14. The smallest absolute Gasteiger partial charge is 0.176 e. The lowest BCUT2D eigenvalue weighted by Crippen LogP contribution is -1.97. The van der Waals surface area contributed by atoms with Crippen molar-refractivity contribution in [3.63, 3.8) is 0 Å². The topological polar surface area (TPSA) is 60.2 Å². The molecule has 0 saturated heterocycles. The van der Waals surface area contributed by atoms with Crippen molar-refractivity contribution in [3.8, 4) is 39.7 Å². The van der Waals surface area contributed by atoms with Crippen LogP contribution in [-0.2, 0) is 0 Å². The highest BCUT2D eigenvalue weighted by molar-refractivity contribution is 7.98. The Kier molecular flexibility index (Phi) is 5.04. The molecular formula is C22H19N3O2S. The molecule has 28 heavy (non-hydrogen) atoms. The number of ether oxygens (including phenoxy) is 1. The zero-order valence-corrected chi connectivity index (χ0v) is 16.4. The van der Waals surface area contributed by atoms with Gasteiger partial charge >= 0.3 is 0 Å². The molecule has 0 aliphatic heterocycles. The molecule has 5 nitrogen and oxygen atoms in total. The monoisotopic (exact) mass is 389 g/mol. The summed E-state index contributed by atoms with van der Waals surface area (Å²) in [5.74, 6) is 1.22. The van der Waals surface area contributed by atoms with Gasteiger partial charge in [0.15, 0.2) is 5.82 Å². The van der Waals surface area contributed by atoms with Crippen molar-refractivity contribution in [1.82, 2.24) is 14.7 Å². The fourth-order valence-electron chi connectivity index (χ4n) is 3.08. The standard InChI is InChI=1S/C22H19N3O2S/c1-27-18-5-3-4-17(14-18)20-21(15-10-12-23-13-11-15)25(26)22(24-20)16-6-8-19(28-2)9-7-16/h3-14,26H,1-2H3. The van der Waals surface area contributed by atoms with E-state index in [-0.39, 0.29) is 0 Å². The summed E-state index contributed by atoms with van der Waals surface area (Å²) in [6, 6.07) is 19.3. The number of pyridine rings is 1. The molecule has 0 aliphatic carbocycles. The van der Waals surface area contributed by atoms with Crippen LogP contribution in [0.4, 0.5) is 0 Å². The fourth-order valence-corrected chi connectivity index (χ4v) is 3.49. The van der Waals surface area contributed by atoms with E-state index >= 15 is 0 Å². The van der Waals surface area contributed by atoms with Crippen LogP contribution in [0.25, 0.3) is 33.9 Å². The molecule has 0 fully saturated rings. The maximum Gasteiger partial charge on any atom is 0.176 e. The average molecular weight is 389 g/mol. The molecule has 0 amide bonds. The molecule has 0 unspecified atom stereocenters. The number of hydrogen-bond donors (Lipinski definition) is 1. The van der Waals surface area contributed by atoms with E-state index in [0.29, 0.717) is 17.2 Å². The summed E-state index contributed by atoms with van der Waals surface area (Å²) < 4.78 is 6.51. The van der Waals surface area contributed by atoms with Crippen molar-refractivity contribution in [2.75, 3.05) is 13.4 Å². The maximum atomic E-state index is 11.0. The van der Waals surface area contributed by atoms with Gasteiger partial charge in [0.05, 0.1) is 7.11 Å². The van der Waals surface area contributed by atoms with Crippen LogP contribution in [0.3, 0.4) is 0 Å². The van der Waals surface area contributed by atoms with Crippen LogP contribution in [0.2, 0.25) is 0 Å².